The summed E-state index contributed by atoms with van der Waals surface area (Å²) in [5.41, 5.74) is 4.68. The molecule has 0 spiro atoms. The van der Waals surface area contributed by atoms with Gasteiger partial charge in [-0.15, -0.1) is 0 Å². The van der Waals surface area contributed by atoms with Crippen LogP contribution in [-0.4, -0.2) is 40.4 Å². The predicted molar refractivity (Wildman–Crippen MR) is 136 cm³/mol. The molecule has 0 saturated carbocycles. The Bertz CT molecular complexity index is 1420. The molecule has 3 aromatic carbocycles. The van der Waals surface area contributed by atoms with Crippen LogP contribution in [0.1, 0.15) is 35.5 Å². The predicted octanol–water partition coefficient (Wildman–Crippen LogP) is 3.74. The first kappa shape index (κ1) is 23.3. The number of fused-ring (bicyclic) bond motifs is 2. The van der Waals surface area contributed by atoms with E-state index in [9.17, 15) is 13.2 Å². The second kappa shape index (κ2) is 9.64. The Kier molecular flexibility index (Phi) is 6.40. The number of aromatic nitrogens is 2. The molecule has 2 N–H and O–H groups in total. The Labute approximate surface area is 205 Å². The maximum absolute atomic E-state index is 13.7. The van der Waals surface area contributed by atoms with Crippen molar-refractivity contribution >= 4 is 27.0 Å². The third-order valence-corrected chi connectivity index (χ3v) is 8.39. The number of hydrogen-bond acceptors (Lipinski definition) is 4. The van der Waals surface area contributed by atoms with Crippen LogP contribution in [0.4, 0.5) is 0 Å². The summed E-state index contributed by atoms with van der Waals surface area (Å²) >= 11 is 0. The summed E-state index contributed by atoms with van der Waals surface area (Å²) in [6.07, 6.45) is 0.857. The van der Waals surface area contributed by atoms with Gasteiger partial charge in [-0.2, -0.15) is 4.31 Å². The number of para-hydroxylation sites is 2. The molecule has 8 heteroatoms. The standard InChI is InChI=1S/C27H28N4O3S/c1-2-35(33,34)31-18-21-13-7-6-12-20(21)17-25(31)27(32)30-24(16-19-10-4-3-5-11-19)26-28-22-14-8-9-15-23(22)29-26/h3-15,24-25H,2,16-18H2,1H3,(H,28,29)(H,30,32)/t24-,25-/m0/s1. The lowest BCUT2D eigenvalue weighted by Crippen LogP contribution is -2.53. The van der Waals surface area contributed by atoms with Crippen LogP contribution in [0.3, 0.4) is 0 Å². The van der Waals surface area contributed by atoms with Gasteiger partial charge in [-0.05, 0) is 48.6 Å². The average molecular weight is 489 g/mol. The third-order valence-electron chi connectivity index (χ3n) is 6.57. The number of aromatic amines is 1. The molecule has 180 valence electrons. The number of sulfonamides is 1. The van der Waals surface area contributed by atoms with Crippen molar-refractivity contribution in [3.63, 3.8) is 0 Å². The van der Waals surface area contributed by atoms with Crippen molar-refractivity contribution in [3.05, 3.63) is 101 Å². The topological polar surface area (TPSA) is 95.2 Å². The fraction of sp³-hybridized carbons (Fsp3) is 0.259. The van der Waals surface area contributed by atoms with Gasteiger partial charge in [0.25, 0.3) is 0 Å². The van der Waals surface area contributed by atoms with E-state index in [0.717, 1.165) is 27.7 Å². The number of H-pyrrole nitrogens is 1. The summed E-state index contributed by atoms with van der Waals surface area (Å²) in [6.45, 7) is 1.80. The first-order chi connectivity index (χ1) is 16.9. The molecule has 5 rings (SSSR count). The summed E-state index contributed by atoms with van der Waals surface area (Å²) in [5, 5.41) is 3.13. The fourth-order valence-electron chi connectivity index (χ4n) is 4.65. The molecule has 0 fully saturated rings. The molecule has 0 unspecified atom stereocenters. The highest BCUT2D eigenvalue weighted by Crippen LogP contribution is 2.27. The van der Waals surface area contributed by atoms with Crippen LogP contribution < -0.4 is 5.32 Å². The number of hydrogen-bond donors (Lipinski definition) is 2. The largest absolute Gasteiger partial charge is 0.344 e. The van der Waals surface area contributed by atoms with E-state index in [2.05, 4.69) is 10.3 Å². The van der Waals surface area contributed by atoms with Gasteiger partial charge in [0.05, 0.1) is 22.8 Å². The number of nitrogens with one attached hydrogen (secondary N) is 2. The van der Waals surface area contributed by atoms with Crippen LogP contribution in [0.5, 0.6) is 0 Å². The molecular formula is C27H28N4O3S. The van der Waals surface area contributed by atoms with Gasteiger partial charge in [0.15, 0.2) is 0 Å². The minimum absolute atomic E-state index is 0.0596. The second-order valence-electron chi connectivity index (χ2n) is 8.82. The van der Waals surface area contributed by atoms with E-state index in [4.69, 9.17) is 4.98 Å². The highest BCUT2D eigenvalue weighted by Gasteiger charge is 2.38. The fourth-order valence-corrected chi connectivity index (χ4v) is 5.88. The molecule has 1 amide bonds. The molecule has 2 atom stereocenters. The van der Waals surface area contributed by atoms with Gasteiger partial charge in [0.2, 0.25) is 15.9 Å². The van der Waals surface area contributed by atoms with Crippen molar-refractivity contribution in [2.24, 2.45) is 0 Å². The van der Waals surface area contributed by atoms with E-state index in [0.29, 0.717) is 18.7 Å². The minimum Gasteiger partial charge on any atom is -0.344 e. The molecule has 1 aliphatic rings. The van der Waals surface area contributed by atoms with Crippen molar-refractivity contribution < 1.29 is 13.2 Å². The minimum atomic E-state index is -3.59. The maximum atomic E-state index is 13.7. The number of benzene rings is 3. The Hall–Kier alpha value is -3.49. The Morgan fingerprint density at radius 2 is 1.71 bits per heavy atom. The lowest BCUT2D eigenvalue weighted by atomic mass is 9.95. The van der Waals surface area contributed by atoms with E-state index < -0.39 is 22.1 Å². The van der Waals surface area contributed by atoms with Gasteiger partial charge in [0.1, 0.15) is 11.9 Å². The van der Waals surface area contributed by atoms with Gasteiger partial charge in [0, 0.05) is 6.54 Å². The average Bonchev–Trinajstić information content (AvgIpc) is 3.32. The number of nitrogens with zero attached hydrogens (tertiary/aromatic N) is 2. The van der Waals surface area contributed by atoms with Crippen LogP contribution in [0.25, 0.3) is 11.0 Å². The van der Waals surface area contributed by atoms with Crippen LogP contribution in [0, 0.1) is 0 Å². The highest BCUT2D eigenvalue weighted by atomic mass is 32.2. The van der Waals surface area contributed by atoms with Crippen LogP contribution in [0.15, 0.2) is 78.9 Å². The molecule has 1 aromatic heterocycles. The Morgan fingerprint density at radius 1 is 1.03 bits per heavy atom. The molecule has 0 bridgehead atoms. The number of imidazole rings is 1. The van der Waals surface area contributed by atoms with E-state index in [1.165, 1.54) is 4.31 Å². The zero-order valence-electron chi connectivity index (χ0n) is 19.5. The lowest BCUT2D eigenvalue weighted by molar-refractivity contribution is -0.126. The van der Waals surface area contributed by atoms with Gasteiger partial charge < -0.3 is 10.3 Å². The molecule has 0 radical (unpaired) electrons. The van der Waals surface area contributed by atoms with Crippen LogP contribution in [0.2, 0.25) is 0 Å². The van der Waals surface area contributed by atoms with Crippen molar-refractivity contribution in [2.75, 3.05) is 5.75 Å². The van der Waals surface area contributed by atoms with Gasteiger partial charge in [-0.1, -0.05) is 66.7 Å². The van der Waals surface area contributed by atoms with E-state index in [1.807, 2.05) is 78.9 Å². The van der Waals surface area contributed by atoms with Crippen molar-refractivity contribution in [1.29, 1.82) is 0 Å². The smallest absolute Gasteiger partial charge is 0.239 e. The molecule has 2 heterocycles. The monoisotopic (exact) mass is 488 g/mol. The highest BCUT2D eigenvalue weighted by molar-refractivity contribution is 7.89. The molecule has 1 aliphatic heterocycles. The third kappa shape index (κ3) is 4.85. The van der Waals surface area contributed by atoms with E-state index in [1.54, 1.807) is 6.92 Å². The van der Waals surface area contributed by atoms with Crippen molar-refractivity contribution in [1.82, 2.24) is 19.6 Å². The summed E-state index contributed by atoms with van der Waals surface area (Å²) in [4.78, 5) is 21.8. The first-order valence-electron chi connectivity index (χ1n) is 11.8. The molecule has 0 saturated heterocycles. The number of rotatable bonds is 7. The number of carbonyl (C=O) groups is 1. The Balaban J connectivity index is 1.48. The number of carbonyl (C=O) groups excluding carboxylic acids is 1. The molecule has 7 nitrogen and oxygen atoms in total. The molecule has 0 aliphatic carbocycles. The lowest BCUT2D eigenvalue weighted by Gasteiger charge is -2.35. The zero-order chi connectivity index (χ0) is 24.4. The van der Waals surface area contributed by atoms with Crippen molar-refractivity contribution in [3.8, 4) is 0 Å². The van der Waals surface area contributed by atoms with Crippen molar-refractivity contribution in [2.45, 2.75) is 38.4 Å². The summed E-state index contributed by atoms with van der Waals surface area (Å²) in [6, 6.07) is 24.0. The molecule has 35 heavy (non-hydrogen) atoms. The summed E-state index contributed by atoms with van der Waals surface area (Å²) in [7, 11) is -3.59. The van der Waals surface area contributed by atoms with Gasteiger partial charge in [-0.3, -0.25) is 4.79 Å². The van der Waals surface area contributed by atoms with Crippen LogP contribution in [-0.2, 0) is 34.2 Å². The molecule has 4 aromatic rings. The maximum Gasteiger partial charge on any atom is 0.239 e. The SMILES string of the molecule is CCS(=O)(=O)N1Cc2ccccc2C[C@H]1C(=O)N[C@@H](Cc1ccccc1)c1nc2ccccc2[nH]1. The van der Waals surface area contributed by atoms with E-state index >= 15 is 0 Å². The zero-order valence-corrected chi connectivity index (χ0v) is 20.3. The van der Waals surface area contributed by atoms with Gasteiger partial charge >= 0.3 is 0 Å². The number of amides is 1. The summed E-state index contributed by atoms with van der Waals surface area (Å²) in [5.74, 6) is 0.262. The van der Waals surface area contributed by atoms with Gasteiger partial charge in [-0.25, -0.2) is 13.4 Å². The van der Waals surface area contributed by atoms with Crippen LogP contribution >= 0.6 is 0 Å². The summed E-state index contributed by atoms with van der Waals surface area (Å²) < 4.78 is 27.3. The normalized spacial score (nSPS) is 17.1. The first-order valence-corrected chi connectivity index (χ1v) is 13.4. The Morgan fingerprint density at radius 3 is 2.46 bits per heavy atom. The second-order valence-corrected chi connectivity index (χ2v) is 11.0. The quantitative estimate of drug-likeness (QED) is 0.414. The molecular weight excluding hydrogens is 460 g/mol. The van der Waals surface area contributed by atoms with E-state index in [-0.39, 0.29) is 18.2 Å².